The van der Waals surface area contributed by atoms with Crippen LogP contribution >= 0.6 is 0 Å². The largest absolute Gasteiger partial charge is 0.306 e. The molecule has 0 unspecified atom stereocenters. The standard InChI is InChI=1S/C12H20N6/c1-12(2,3)13-6-11-9-18(16-15-11)8-10-5-14-17(4)7-10/h5,7,9,13H,6,8H2,1-4H3. The molecule has 2 aromatic heterocycles. The molecule has 0 spiro atoms. The summed E-state index contributed by atoms with van der Waals surface area (Å²) in [5.74, 6) is 0. The summed E-state index contributed by atoms with van der Waals surface area (Å²) in [4.78, 5) is 0. The van der Waals surface area contributed by atoms with Crippen molar-refractivity contribution in [2.24, 2.45) is 7.05 Å². The van der Waals surface area contributed by atoms with Gasteiger partial charge in [-0.1, -0.05) is 5.21 Å². The lowest BCUT2D eigenvalue weighted by molar-refractivity contribution is 0.421. The number of nitrogens with zero attached hydrogens (tertiary/aromatic N) is 5. The van der Waals surface area contributed by atoms with Crippen LogP contribution in [0.1, 0.15) is 32.0 Å². The molecule has 0 atom stereocenters. The van der Waals surface area contributed by atoms with Crippen LogP contribution in [-0.2, 0) is 20.1 Å². The summed E-state index contributed by atoms with van der Waals surface area (Å²) < 4.78 is 3.62. The number of aryl methyl sites for hydroxylation is 1. The fourth-order valence-corrected chi connectivity index (χ4v) is 1.59. The van der Waals surface area contributed by atoms with Crippen LogP contribution in [-0.4, -0.2) is 30.3 Å². The van der Waals surface area contributed by atoms with Gasteiger partial charge in [0, 0.05) is 30.9 Å². The van der Waals surface area contributed by atoms with Crippen molar-refractivity contribution in [3.8, 4) is 0 Å². The predicted octanol–water partition coefficient (Wildman–Crippen LogP) is 0.948. The van der Waals surface area contributed by atoms with Gasteiger partial charge in [0.2, 0.25) is 0 Å². The second kappa shape index (κ2) is 4.89. The van der Waals surface area contributed by atoms with Gasteiger partial charge in [0.1, 0.15) is 0 Å². The van der Waals surface area contributed by atoms with E-state index in [1.807, 2.05) is 30.3 Å². The van der Waals surface area contributed by atoms with Gasteiger partial charge in [0.25, 0.3) is 0 Å². The minimum Gasteiger partial charge on any atom is -0.306 e. The van der Waals surface area contributed by atoms with E-state index in [0.717, 1.165) is 17.8 Å². The molecule has 0 aliphatic heterocycles. The van der Waals surface area contributed by atoms with Gasteiger partial charge >= 0.3 is 0 Å². The molecule has 0 saturated heterocycles. The fraction of sp³-hybridized carbons (Fsp3) is 0.583. The summed E-state index contributed by atoms with van der Waals surface area (Å²) in [6.45, 7) is 7.83. The topological polar surface area (TPSA) is 60.6 Å². The van der Waals surface area contributed by atoms with Crippen molar-refractivity contribution >= 4 is 0 Å². The van der Waals surface area contributed by atoms with Crippen molar-refractivity contribution in [1.29, 1.82) is 0 Å². The van der Waals surface area contributed by atoms with Crippen LogP contribution in [0.4, 0.5) is 0 Å². The molecule has 0 bridgehead atoms. The van der Waals surface area contributed by atoms with Gasteiger partial charge in [0.15, 0.2) is 0 Å². The highest BCUT2D eigenvalue weighted by Gasteiger charge is 2.10. The number of nitrogens with one attached hydrogen (secondary N) is 1. The average molecular weight is 248 g/mol. The maximum Gasteiger partial charge on any atom is 0.0965 e. The molecule has 0 saturated carbocycles. The zero-order chi connectivity index (χ0) is 13.2. The first-order valence-corrected chi connectivity index (χ1v) is 6.04. The van der Waals surface area contributed by atoms with Gasteiger partial charge in [-0.25, -0.2) is 4.68 Å². The Hall–Kier alpha value is -1.69. The van der Waals surface area contributed by atoms with Crippen LogP contribution in [0.25, 0.3) is 0 Å². The highest BCUT2D eigenvalue weighted by Crippen LogP contribution is 2.03. The summed E-state index contributed by atoms with van der Waals surface area (Å²) in [7, 11) is 1.91. The van der Waals surface area contributed by atoms with Gasteiger partial charge in [-0.3, -0.25) is 4.68 Å². The van der Waals surface area contributed by atoms with Crippen LogP contribution in [0.2, 0.25) is 0 Å². The number of aromatic nitrogens is 5. The number of hydrogen-bond donors (Lipinski definition) is 1. The van der Waals surface area contributed by atoms with Crippen molar-refractivity contribution < 1.29 is 0 Å². The molecule has 0 aliphatic rings. The number of hydrogen-bond acceptors (Lipinski definition) is 4. The molecule has 2 rings (SSSR count). The molecule has 0 aliphatic carbocycles. The second-order valence-electron chi connectivity index (χ2n) is 5.53. The molecule has 0 aromatic carbocycles. The van der Waals surface area contributed by atoms with E-state index in [4.69, 9.17) is 0 Å². The van der Waals surface area contributed by atoms with Crippen LogP contribution in [0, 0.1) is 0 Å². The molecular formula is C12H20N6. The van der Waals surface area contributed by atoms with Crippen molar-refractivity contribution in [2.75, 3.05) is 0 Å². The Labute approximate surface area is 107 Å². The van der Waals surface area contributed by atoms with Gasteiger partial charge < -0.3 is 5.32 Å². The molecule has 2 heterocycles. The molecule has 18 heavy (non-hydrogen) atoms. The lowest BCUT2D eigenvalue weighted by atomic mass is 10.1. The maximum absolute atomic E-state index is 4.15. The third-order valence-corrected chi connectivity index (χ3v) is 2.49. The summed E-state index contributed by atoms with van der Waals surface area (Å²) in [6.07, 6.45) is 5.79. The number of rotatable bonds is 4. The van der Waals surface area contributed by atoms with E-state index in [1.165, 1.54) is 0 Å². The van der Waals surface area contributed by atoms with E-state index < -0.39 is 0 Å². The molecular weight excluding hydrogens is 228 g/mol. The summed E-state index contributed by atoms with van der Waals surface area (Å²) in [6, 6.07) is 0. The first-order valence-electron chi connectivity index (χ1n) is 6.04. The van der Waals surface area contributed by atoms with Crippen LogP contribution in [0.15, 0.2) is 18.6 Å². The quantitative estimate of drug-likeness (QED) is 0.875. The van der Waals surface area contributed by atoms with E-state index in [2.05, 4.69) is 41.5 Å². The monoisotopic (exact) mass is 248 g/mol. The van der Waals surface area contributed by atoms with E-state index in [-0.39, 0.29) is 5.54 Å². The molecule has 2 aromatic rings. The highest BCUT2D eigenvalue weighted by atomic mass is 15.4. The summed E-state index contributed by atoms with van der Waals surface area (Å²) >= 11 is 0. The first kappa shape index (κ1) is 12.8. The van der Waals surface area contributed by atoms with Crippen LogP contribution in [0.3, 0.4) is 0 Å². The molecule has 6 nitrogen and oxygen atoms in total. The molecule has 98 valence electrons. The normalized spacial score (nSPS) is 12.0. The van der Waals surface area contributed by atoms with Gasteiger partial charge in [-0.05, 0) is 20.8 Å². The zero-order valence-electron chi connectivity index (χ0n) is 11.4. The Bertz CT molecular complexity index is 505. The van der Waals surface area contributed by atoms with Crippen molar-refractivity contribution in [3.63, 3.8) is 0 Å². The van der Waals surface area contributed by atoms with Crippen molar-refractivity contribution in [2.45, 2.75) is 39.4 Å². The highest BCUT2D eigenvalue weighted by molar-refractivity contribution is 5.04. The van der Waals surface area contributed by atoms with E-state index >= 15 is 0 Å². The van der Waals surface area contributed by atoms with Gasteiger partial charge in [-0.2, -0.15) is 5.10 Å². The molecule has 0 radical (unpaired) electrons. The molecule has 6 heteroatoms. The molecule has 1 N–H and O–H groups in total. The predicted molar refractivity (Wildman–Crippen MR) is 68.9 cm³/mol. The fourth-order valence-electron chi connectivity index (χ4n) is 1.59. The van der Waals surface area contributed by atoms with Crippen molar-refractivity contribution in [3.05, 3.63) is 29.8 Å². The Morgan fingerprint density at radius 1 is 1.28 bits per heavy atom. The third-order valence-electron chi connectivity index (χ3n) is 2.49. The van der Waals surface area contributed by atoms with E-state index in [0.29, 0.717) is 6.54 Å². The molecule has 0 fully saturated rings. The SMILES string of the molecule is Cn1cc(Cn2cc(CNC(C)(C)C)nn2)cn1. The minimum atomic E-state index is 0.0904. The Morgan fingerprint density at radius 2 is 2.06 bits per heavy atom. The maximum atomic E-state index is 4.15. The molecule has 0 amide bonds. The van der Waals surface area contributed by atoms with Gasteiger partial charge in [0.05, 0.1) is 24.6 Å². The van der Waals surface area contributed by atoms with Crippen molar-refractivity contribution in [1.82, 2.24) is 30.1 Å². The third kappa shape index (κ3) is 3.66. The minimum absolute atomic E-state index is 0.0904. The van der Waals surface area contributed by atoms with Gasteiger partial charge in [-0.15, -0.1) is 5.10 Å². The summed E-state index contributed by atoms with van der Waals surface area (Å²) in [5, 5.41) is 15.8. The Morgan fingerprint density at radius 3 is 2.67 bits per heavy atom. The second-order valence-corrected chi connectivity index (χ2v) is 5.53. The first-order chi connectivity index (χ1) is 8.42. The lowest BCUT2D eigenvalue weighted by Crippen LogP contribution is -2.35. The van der Waals surface area contributed by atoms with Crippen LogP contribution < -0.4 is 5.32 Å². The van der Waals surface area contributed by atoms with E-state index in [9.17, 15) is 0 Å². The lowest BCUT2D eigenvalue weighted by Gasteiger charge is -2.19. The zero-order valence-corrected chi connectivity index (χ0v) is 11.4. The van der Waals surface area contributed by atoms with Crippen LogP contribution in [0.5, 0.6) is 0 Å². The summed E-state index contributed by atoms with van der Waals surface area (Å²) in [5.41, 5.74) is 2.17. The Kier molecular flexibility index (Phi) is 3.47. The Balaban J connectivity index is 1.94. The smallest absolute Gasteiger partial charge is 0.0965 e. The average Bonchev–Trinajstić information content (AvgIpc) is 2.85. The van der Waals surface area contributed by atoms with E-state index in [1.54, 1.807) is 4.68 Å².